The molecule has 1 aliphatic heterocycles. The summed E-state index contributed by atoms with van der Waals surface area (Å²) in [5, 5.41) is 2.90. The summed E-state index contributed by atoms with van der Waals surface area (Å²) in [5.74, 6) is 0.141. The molecule has 5 heteroatoms. The van der Waals surface area contributed by atoms with Crippen LogP contribution < -0.4 is 5.32 Å². The SMILES string of the molecule is CCCNC(=O)N1CCCN(C(=O)Cc2ccccc2)CC1. The third-order valence-corrected chi connectivity index (χ3v) is 3.86. The van der Waals surface area contributed by atoms with E-state index in [0.29, 0.717) is 32.6 Å². The van der Waals surface area contributed by atoms with Crippen molar-refractivity contribution in [2.45, 2.75) is 26.2 Å². The molecular weight excluding hydrogens is 278 g/mol. The molecule has 22 heavy (non-hydrogen) atoms. The zero-order valence-electron chi connectivity index (χ0n) is 13.3. The summed E-state index contributed by atoms with van der Waals surface area (Å²) in [7, 11) is 0. The van der Waals surface area contributed by atoms with E-state index in [9.17, 15) is 9.59 Å². The van der Waals surface area contributed by atoms with Crippen LogP contribution in [0.1, 0.15) is 25.3 Å². The van der Waals surface area contributed by atoms with E-state index >= 15 is 0 Å². The molecule has 2 rings (SSSR count). The van der Waals surface area contributed by atoms with Gasteiger partial charge in [0.15, 0.2) is 0 Å². The molecule has 0 aromatic heterocycles. The maximum atomic E-state index is 12.4. The second kappa shape index (κ2) is 8.41. The number of nitrogens with zero attached hydrogens (tertiary/aromatic N) is 2. The van der Waals surface area contributed by atoms with Crippen LogP contribution in [-0.4, -0.2) is 54.5 Å². The number of rotatable bonds is 4. The van der Waals surface area contributed by atoms with Gasteiger partial charge in [-0.1, -0.05) is 37.3 Å². The van der Waals surface area contributed by atoms with E-state index < -0.39 is 0 Å². The fraction of sp³-hybridized carbons (Fsp3) is 0.529. The molecule has 3 amide bonds. The highest BCUT2D eigenvalue weighted by Crippen LogP contribution is 2.07. The molecule has 1 saturated heterocycles. The van der Waals surface area contributed by atoms with Crippen molar-refractivity contribution < 1.29 is 9.59 Å². The minimum Gasteiger partial charge on any atom is -0.341 e. The second-order valence-corrected chi connectivity index (χ2v) is 5.62. The van der Waals surface area contributed by atoms with Crippen molar-refractivity contribution >= 4 is 11.9 Å². The van der Waals surface area contributed by atoms with E-state index in [1.54, 1.807) is 0 Å². The predicted molar refractivity (Wildman–Crippen MR) is 86.6 cm³/mol. The quantitative estimate of drug-likeness (QED) is 0.923. The van der Waals surface area contributed by atoms with Crippen molar-refractivity contribution in [3.05, 3.63) is 35.9 Å². The van der Waals surface area contributed by atoms with Crippen LogP contribution in [0, 0.1) is 0 Å². The first kappa shape index (κ1) is 16.3. The summed E-state index contributed by atoms with van der Waals surface area (Å²) in [6.45, 7) is 5.40. The number of urea groups is 1. The molecule has 5 nitrogen and oxygen atoms in total. The van der Waals surface area contributed by atoms with Gasteiger partial charge in [-0.15, -0.1) is 0 Å². The van der Waals surface area contributed by atoms with Gasteiger partial charge in [0.1, 0.15) is 0 Å². The molecule has 1 aromatic carbocycles. The summed E-state index contributed by atoms with van der Waals surface area (Å²) in [6.07, 6.45) is 2.20. The zero-order chi connectivity index (χ0) is 15.8. The van der Waals surface area contributed by atoms with Crippen LogP contribution in [0.4, 0.5) is 4.79 Å². The average Bonchev–Trinajstić information content (AvgIpc) is 2.79. The molecule has 0 atom stereocenters. The van der Waals surface area contributed by atoms with Gasteiger partial charge in [0.2, 0.25) is 5.91 Å². The van der Waals surface area contributed by atoms with Gasteiger partial charge in [-0.2, -0.15) is 0 Å². The van der Waals surface area contributed by atoms with E-state index in [1.165, 1.54) is 0 Å². The maximum Gasteiger partial charge on any atom is 0.317 e. The van der Waals surface area contributed by atoms with Gasteiger partial charge >= 0.3 is 6.03 Å². The first-order valence-electron chi connectivity index (χ1n) is 8.05. The van der Waals surface area contributed by atoms with Crippen LogP contribution in [-0.2, 0) is 11.2 Å². The Morgan fingerprint density at radius 2 is 1.73 bits per heavy atom. The highest BCUT2D eigenvalue weighted by atomic mass is 16.2. The summed E-state index contributed by atoms with van der Waals surface area (Å²) < 4.78 is 0. The van der Waals surface area contributed by atoms with Gasteiger partial charge < -0.3 is 15.1 Å². The van der Waals surface area contributed by atoms with Crippen molar-refractivity contribution in [3.63, 3.8) is 0 Å². The van der Waals surface area contributed by atoms with E-state index in [4.69, 9.17) is 0 Å². The average molecular weight is 303 g/mol. The Labute approximate surface area is 132 Å². The van der Waals surface area contributed by atoms with Gasteiger partial charge in [0, 0.05) is 32.7 Å². The molecule has 1 aromatic rings. The number of carbonyl (C=O) groups is 2. The van der Waals surface area contributed by atoms with Gasteiger partial charge in [0.25, 0.3) is 0 Å². The molecule has 120 valence electrons. The lowest BCUT2D eigenvalue weighted by Gasteiger charge is -2.22. The molecule has 0 aliphatic carbocycles. The van der Waals surface area contributed by atoms with Crippen molar-refractivity contribution in [2.75, 3.05) is 32.7 Å². The van der Waals surface area contributed by atoms with E-state index in [0.717, 1.165) is 24.9 Å². The third kappa shape index (κ3) is 4.76. The topological polar surface area (TPSA) is 52.7 Å². The van der Waals surface area contributed by atoms with Gasteiger partial charge in [-0.3, -0.25) is 4.79 Å². The Hall–Kier alpha value is -2.04. The molecule has 0 saturated carbocycles. The highest BCUT2D eigenvalue weighted by Gasteiger charge is 2.21. The second-order valence-electron chi connectivity index (χ2n) is 5.62. The van der Waals surface area contributed by atoms with Crippen LogP contribution in [0.5, 0.6) is 0 Å². The summed E-state index contributed by atoms with van der Waals surface area (Å²) in [4.78, 5) is 28.1. The lowest BCUT2D eigenvalue weighted by atomic mass is 10.1. The minimum atomic E-state index is -0.0146. The Kier molecular flexibility index (Phi) is 6.25. The van der Waals surface area contributed by atoms with Gasteiger partial charge in [0.05, 0.1) is 6.42 Å². The first-order valence-corrected chi connectivity index (χ1v) is 8.05. The summed E-state index contributed by atoms with van der Waals surface area (Å²) in [6, 6.07) is 9.78. The lowest BCUT2D eigenvalue weighted by molar-refractivity contribution is -0.130. The normalized spacial score (nSPS) is 15.3. The smallest absolute Gasteiger partial charge is 0.317 e. The Morgan fingerprint density at radius 1 is 1.05 bits per heavy atom. The highest BCUT2D eigenvalue weighted by molar-refractivity contribution is 5.79. The molecule has 0 unspecified atom stereocenters. The van der Waals surface area contributed by atoms with E-state index in [2.05, 4.69) is 5.32 Å². The molecule has 1 fully saturated rings. The Bertz CT molecular complexity index is 490. The molecule has 0 radical (unpaired) electrons. The largest absolute Gasteiger partial charge is 0.341 e. The van der Waals surface area contributed by atoms with Crippen molar-refractivity contribution in [1.29, 1.82) is 0 Å². The predicted octanol–water partition coefficient (Wildman–Crippen LogP) is 1.88. The maximum absolute atomic E-state index is 12.4. The molecule has 1 aliphatic rings. The first-order chi connectivity index (χ1) is 10.7. The van der Waals surface area contributed by atoms with Crippen molar-refractivity contribution in [1.82, 2.24) is 15.1 Å². The molecule has 0 spiro atoms. The van der Waals surface area contributed by atoms with Crippen LogP contribution >= 0.6 is 0 Å². The number of hydrogen-bond donors (Lipinski definition) is 1. The fourth-order valence-corrected chi connectivity index (χ4v) is 2.60. The Balaban J connectivity index is 1.84. The van der Waals surface area contributed by atoms with Crippen LogP contribution in [0.15, 0.2) is 30.3 Å². The van der Waals surface area contributed by atoms with Crippen LogP contribution in [0.25, 0.3) is 0 Å². The Morgan fingerprint density at radius 3 is 2.45 bits per heavy atom. The number of nitrogens with one attached hydrogen (secondary N) is 1. The third-order valence-electron chi connectivity index (χ3n) is 3.86. The monoisotopic (exact) mass is 303 g/mol. The van der Waals surface area contributed by atoms with Crippen LogP contribution in [0.2, 0.25) is 0 Å². The fourth-order valence-electron chi connectivity index (χ4n) is 2.60. The number of benzene rings is 1. The van der Waals surface area contributed by atoms with Gasteiger partial charge in [-0.25, -0.2) is 4.79 Å². The molecule has 1 N–H and O–H groups in total. The number of carbonyl (C=O) groups excluding carboxylic acids is 2. The summed E-state index contributed by atoms with van der Waals surface area (Å²) in [5.41, 5.74) is 1.04. The molecule has 1 heterocycles. The van der Waals surface area contributed by atoms with E-state index in [-0.39, 0.29) is 11.9 Å². The number of hydrogen-bond acceptors (Lipinski definition) is 2. The minimum absolute atomic E-state index is 0.0146. The molecule has 0 bridgehead atoms. The van der Waals surface area contributed by atoms with Crippen molar-refractivity contribution in [3.8, 4) is 0 Å². The molecular formula is C17H25N3O2. The standard InChI is InChI=1S/C17H25N3O2/c1-2-9-18-17(22)20-11-6-10-19(12-13-20)16(21)14-15-7-4-3-5-8-15/h3-5,7-8H,2,6,9-14H2,1H3,(H,18,22). The van der Waals surface area contributed by atoms with E-state index in [1.807, 2.05) is 47.1 Å². The number of amides is 3. The zero-order valence-corrected chi connectivity index (χ0v) is 13.3. The van der Waals surface area contributed by atoms with Crippen molar-refractivity contribution in [2.24, 2.45) is 0 Å². The van der Waals surface area contributed by atoms with Crippen LogP contribution in [0.3, 0.4) is 0 Å². The summed E-state index contributed by atoms with van der Waals surface area (Å²) >= 11 is 0. The lowest BCUT2D eigenvalue weighted by Crippen LogP contribution is -2.43. The van der Waals surface area contributed by atoms with Gasteiger partial charge in [-0.05, 0) is 18.4 Å².